The molecule has 1 aromatic rings. The second-order valence-corrected chi connectivity index (χ2v) is 13.0. The van der Waals surface area contributed by atoms with Gasteiger partial charge in [0.25, 0.3) is 10.1 Å². The van der Waals surface area contributed by atoms with Crippen molar-refractivity contribution in [1.82, 2.24) is 0 Å². The zero-order valence-corrected chi connectivity index (χ0v) is 17.0. The Morgan fingerprint density at radius 3 is 2.21 bits per heavy atom. The number of aldehydes is 1. The molecule has 0 N–H and O–H groups in total. The zero-order chi connectivity index (χ0) is 18.4. The van der Waals surface area contributed by atoms with Gasteiger partial charge in [0.2, 0.25) is 0 Å². The quantitative estimate of drug-likeness (QED) is 0.356. The molecule has 0 fully saturated rings. The van der Waals surface area contributed by atoms with E-state index in [2.05, 4.69) is 0 Å². The summed E-state index contributed by atoms with van der Waals surface area (Å²) in [5.74, 6) is 0. The van der Waals surface area contributed by atoms with Crippen LogP contribution in [0.4, 0.5) is 0 Å². The molecule has 0 saturated heterocycles. The Morgan fingerprint density at radius 1 is 1.17 bits per heavy atom. The lowest BCUT2D eigenvalue weighted by Gasteiger charge is -2.38. The third-order valence-corrected chi connectivity index (χ3v) is 5.99. The van der Waals surface area contributed by atoms with Crippen LogP contribution in [0.2, 0.25) is 19.6 Å². The van der Waals surface area contributed by atoms with Crippen LogP contribution in [0, 0.1) is 6.92 Å². The first-order valence-electron chi connectivity index (χ1n) is 8.13. The summed E-state index contributed by atoms with van der Waals surface area (Å²) in [7, 11) is -5.79. The first-order valence-corrected chi connectivity index (χ1v) is 13.0. The Kier molecular flexibility index (Phi) is 7.34. The molecular formula is C17H28O5SSi. The van der Waals surface area contributed by atoms with Crippen LogP contribution in [0.1, 0.15) is 31.7 Å². The highest BCUT2D eigenvalue weighted by atomic mass is 32.2. The van der Waals surface area contributed by atoms with E-state index in [9.17, 15) is 13.2 Å². The summed E-state index contributed by atoms with van der Waals surface area (Å²) in [5.41, 5.74) is 0.216. The van der Waals surface area contributed by atoms with Gasteiger partial charge in [-0.2, -0.15) is 8.42 Å². The van der Waals surface area contributed by atoms with Gasteiger partial charge < -0.3 is 9.22 Å². The van der Waals surface area contributed by atoms with E-state index in [0.717, 1.165) is 11.8 Å². The van der Waals surface area contributed by atoms with Crippen LogP contribution in [0.5, 0.6) is 0 Å². The maximum atomic E-state index is 12.4. The van der Waals surface area contributed by atoms with Crippen molar-refractivity contribution in [2.45, 2.75) is 63.2 Å². The molecule has 0 aliphatic heterocycles. The lowest BCUT2D eigenvalue weighted by atomic mass is 9.96. The summed E-state index contributed by atoms with van der Waals surface area (Å²) >= 11 is 0. The molecule has 1 rings (SSSR count). The van der Waals surface area contributed by atoms with Crippen molar-refractivity contribution in [3.8, 4) is 0 Å². The van der Waals surface area contributed by atoms with Gasteiger partial charge in [-0.25, -0.2) is 0 Å². The van der Waals surface area contributed by atoms with Crippen molar-refractivity contribution >= 4 is 24.7 Å². The largest absolute Gasteiger partial charge is 0.410 e. The van der Waals surface area contributed by atoms with Crippen LogP contribution in [0.3, 0.4) is 0 Å². The second kappa shape index (κ2) is 8.38. The molecule has 5 nitrogen and oxygen atoms in total. The summed E-state index contributed by atoms with van der Waals surface area (Å²) < 4.78 is 36.3. The van der Waals surface area contributed by atoms with Gasteiger partial charge in [-0.1, -0.05) is 24.6 Å². The van der Waals surface area contributed by atoms with Crippen molar-refractivity contribution in [3.63, 3.8) is 0 Å². The molecule has 0 aliphatic rings. The Hall–Kier alpha value is -1.02. The third kappa shape index (κ3) is 6.47. The molecule has 7 heteroatoms. The van der Waals surface area contributed by atoms with E-state index in [0.29, 0.717) is 19.3 Å². The van der Waals surface area contributed by atoms with Gasteiger partial charge >= 0.3 is 0 Å². The SMILES string of the molecule is CC[C@](CCC=O)(COS(=O)(=O)c1ccc(C)cc1)O[Si](C)(C)C. The fraction of sp³-hybridized carbons (Fsp3) is 0.588. The average Bonchev–Trinajstić information content (AvgIpc) is 2.49. The van der Waals surface area contributed by atoms with Crippen LogP contribution < -0.4 is 0 Å². The first kappa shape index (κ1) is 21.0. The Balaban J connectivity index is 2.97. The molecule has 0 spiro atoms. The lowest BCUT2D eigenvalue weighted by molar-refractivity contribution is -0.109. The molecule has 0 heterocycles. The predicted molar refractivity (Wildman–Crippen MR) is 97.1 cm³/mol. The Bertz CT molecular complexity index is 634. The predicted octanol–water partition coefficient (Wildman–Crippen LogP) is 3.68. The second-order valence-electron chi connectivity index (χ2n) is 6.99. The molecule has 1 aromatic carbocycles. The number of carbonyl (C=O) groups is 1. The van der Waals surface area contributed by atoms with E-state index < -0.39 is 24.0 Å². The molecular weight excluding hydrogens is 344 g/mol. The maximum absolute atomic E-state index is 12.4. The standard InChI is InChI=1S/C17H28O5SSi/c1-6-17(12-7-13-18,22-24(3,4)5)14-21-23(19,20)16-10-8-15(2)9-11-16/h8-11,13H,6-7,12,14H2,1-5H3/t17-/m0/s1. The van der Waals surface area contributed by atoms with Gasteiger partial charge in [-0.05, 0) is 51.5 Å². The highest BCUT2D eigenvalue weighted by Gasteiger charge is 2.36. The lowest BCUT2D eigenvalue weighted by Crippen LogP contribution is -2.46. The molecule has 0 amide bonds. The highest BCUT2D eigenvalue weighted by Crippen LogP contribution is 2.29. The molecule has 0 saturated carbocycles. The van der Waals surface area contributed by atoms with Crippen molar-refractivity contribution in [2.24, 2.45) is 0 Å². The minimum Gasteiger partial charge on any atom is -0.410 e. The summed E-state index contributed by atoms with van der Waals surface area (Å²) in [6.45, 7) is 9.83. The van der Waals surface area contributed by atoms with Crippen molar-refractivity contribution < 1.29 is 21.8 Å². The van der Waals surface area contributed by atoms with Crippen LogP contribution in [0.25, 0.3) is 0 Å². The van der Waals surface area contributed by atoms with E-state index in [1.165, 1.54) is 12.1 Å². The smallest absolute Gasteiger partial charge is 0.297 e. The molecule has 0 bridgehead atoms. The first-order chi connectivity index (χ1) is 11.0. The summed E-state index contributed by atoms with van der Waals surface area (Å²) in [6, 6.07) is 6.52. The minimum atomic E-state index is -3.85. The van der Waals surface area contributed by atoms with Crippen LogP contribution in [0.15, 0.2) is 29.2 Å². The van der Waals surface area contributed by atoms with E-state index in [-0.39, 0.29) is 11.5 Å². The van der Waals surface area contributed by atoms with Crippen molar-refractivity contribution in [1.29, 1.82) is 0 Å². The van der Waals surface area contributed by atoms with Gasteiger partial charge in [0.05, 0.1) is 17.1 Å². The Morgan fingerprint density at radius 2 is 1.75 bits per heavy atom. The van der Waals surface area contributed by atoms with Gasteiger partial charge in [0.15, 0.2) is 8.32 Å². The number of hydrogen-bond acceptors (Lipinski definition) is 5. The number of benzene rings is 1. The third-order valence-electron chi connectivity index (χ3n) is 3.67. The van der Waals surface area contributed by atoms with E-state index in [1.807, 2.05) is 33.5 Å². The minimum absolute atomic E-state index is 0.0855. The molecule has 1 atom stereocenters. The van der Waals surface area contributed by atoms with E-state index in [4.69, 9.17) is 8.61 Å². The van der Waals surface area contributed by atoms with Gasteiger partial charge in [0.1, 0.15) is 6.29 Å². The van der Waals surface area contributed by atoms with Gasteiger partial charge in [-0.15, -0.1) is 0 Å². The highest BCUT2D eigenvalue weighted by molar-refractivity contribution is 7.86. The van der Waals surface area contributed by atoms with Crippen LogP contribution in [-0.2, 0) is 23.5 Å². The molecule has 24 heavy (non-hydrogen) atoms. The summed E-state index contributed by atoms with van der Waals surface area (Å²) in [4.78, 5) is 10.9. The van der Waals surface area contributed by atoms with E-state index in [1.54, 1.807) is 12.1 Å². The van der Waals surface area contributed by atoms with Gasteiger partial charge in [0, 0.05) is 6.42 Å². The number of carbonyl (C=O) groups excluding carboxylic acids is 1. The van der Waals surface area contributed by atoms with Crippen LogP contribution in [-0.4, -0.2) is 35.2 Å². The fourth-order valence-electron chi connectivity index (χ4n) is 2.43. The number of aryl methyl sites for hydroxylation is 1. The zero-order valence-electron chi connectivity index (χ0n) is 15.2. The summed E-state index contributed by atoms with van der Waals surface area (Å²) in [6.07, 6.45) is 2.16. The molecule has 0 aliphatic carbocycles. The molecule has 0 aromatic heterocycles. The number of rotatable bonds is 10. The number of hydrogen-bond donors (Lipinski definition) is 0. The molecule has 0 radical (unpaired) electrons. The topological polar surface area (TPSA) is 69.7 Å². The maximum Gasteiger partial charge on any atom is 0.297 e. The fourth-order valence-corrected chi connectivity index (χ4v) is 5.01. The van der Waals surface area contributed by atoms with E-state index >= 15 is 0 Å². The Labute approximate surface area is 146 Å². The van der Waals surface area contributed by atoms with Crippen molar-refractivity contribution in [3.05, 3.63) is 29.8 Å². The average molecular weight is 373 g/mol. The molecule has 136 valence electrons. The molecule has 0 unspecified atom stereocenters. The van der Waals surface area contributed by atoms with Crippen LogP contribution >= 0.6 is 0 Å². The normalized spacial score (nSPS) is 15.0. The van der Waals surface area contributed by atoms with Crippen molar-refractivity contribution in [2.75, 3.05) is 6.61 Å². The van der Waals surface area contributed by atoms with Gasteiger partial charge in [-0.3, -0.25) is 4.18 Å². The monoisotopic (exact) mass is 372 g/mol. The summed E-state index contributed by atoms with van der Waals surface area (Å²) in [5, 5.41) is 0.